The van der Waals surface area contributed by atoms with Gasteiger partial charge in [0.15, 0.2) is 0 Å². The van der Waals surface area contributed by atoms with Crippen molar-refractivity contribution in [1.29, 1.82) is 0 Å². The van der Waals surface area contributed by atoms with Crippen molar-refractivity contribution in [1.82, 2.24) is 10.2 Å². The number of anilines is 2. The molecule has 190 valence electrons. The lowest BCUT2D eigenvalue weighted by atomic mass is 9.94. The average molecular weight is 481 g/mol. The number of rotatable bonds is 10. The third-order valence-corrected chi connectivity index (χ3v) is 6.27. The molecule has 0 radical (unpaired) electrons. The number of nitrogens with one attached hydrogen (secondary N) is 2. The van der Waals surface area contributed by atoms with Crippen LogP contribution in [0.15, 0.2) is 48.5 Å². The molecule has 35 heavy (non-hydrogen) atoms. The summed E-state index contributed by atoms with van der Waals surface area (Å²) in [5.74, 6) is -0.103. The van der Waals surface area contributed by atoms with Crippen LogP contribution in [-0.2, 0) is 16.1 Å². The maximum absolute atomic E-state index is 13.9. The van der Waals surface area contributed by atoms with E-state index in [1.165, 1.54) is 0 Å². The predicted molar refractivity (Wildman–Crippen MR) is 142 cm³/mol. The molecule has 1 saturated heterocycles. The van der Waals surface area contributed by atoms with Crippen molar-refractivity contribution < 1.29 is 14.3 Å². The monoisotopic (exact) mass is 480 g/mol. The van der Waals surface area contributed by atoms with Gasteiger partial charge in [0.05, 0.1) is 12.0 Å². The Labute approximate surface area is 209 Å². The van der Waals surface area contributed by atoms with Crippen LogP contribution in [-0.4, -0.2) is 56.2 Å². The molecule has 1 aliphatic heterocycles. The molecule has 1 aliphatic rings. The molecule has 7 heteroatoms. The highest BCUT2D eigenvalue weighted by molar-refractivity contribution is 5.90. The fourth-order valence-electron chi connectivity index (χ4n) is 4.59. The number of hydrogen-bond acceptors (Lipinski definition) is 4. The number of carbonyl (C=O) groups excluding carboxylic acids is 2. The van der Waals surface area contributed by atoms with Gasteiger partial charge >= 0.3 is 6.03 Å². The summed E-state index contributed by atoms with van der Waals surface area (Å²) in [6.07, 6.45) is 2.76. The Morgan fingerprint density at radius 2 is 1.86 bits per heavy atom. The molecular formula is C28H40N4O3. The smallest absolute Gasteiger partial charge is 0.319 e. The molecular weight excluding hydrogens is 440 g/mol. The maximum Gasteiger partial charge on any atom is 0.319 e. The Hall–Kier alpha value is -3.06. The van der Waals surface area contributed by atoms with Crippen LogP contribution in [0.5, 0.6) is 0 Å². The predicted octanol–water partition coefficient (Wildman–Crippen LogP) is 4.98. The van der Waals surface area contributed by atoms with Crippen LogP contribution in [0.4, 0.5) is 16.2 Å². The molecule has 1 fully saturated rings. The Kier molecular flexibility index (Phi) is 9.55. The molecule has 2 aromatic rings. The zero-order chi connectivity index (χ0) is 25.4. The fraction of sp³-hybridized carbons (Fsp3) is 0.500. The molecule has 1 heterocycles. The third-order valence-electron chi connectivity index (χ3n) is 6.27. The number of carbonyl (C=O) groups is 2. The van der Waals surface area contributed by atoms with Crippen molar-refractivity contribution in [3.05, 3.63) is 59.7 Å². The van der Waals surface area contributed by atoms with Gasteiger partial charge in [0.2, 0.25) is 5.91 Å². The van der Waals surface area contributed by atoms with E-state index in [2.05, 4.69) is 17.6 Å². The molecule has 0 saturated carbocycles. The quantitative estimate of drug-likeness (QED) is 0.503. The third kappa shape index (κ3) is 7.46. The Balaban J connectivity index is 1.90. The van der Waals surface area contributed by atoms with Gasteiger partial charge in [-0.2, -0.15) is 0 Å². The highest BCUT2D eigenvalue weighted by Crippen LogP contribution is 2.29. The number of urea groups is 1. The molecule has 2 atom stereocenters. The van der Waals surface area contributed by atoms with Crippen LogP contribution in [0, 0.1) is 0 Å². The van der Waals surface area contributed by atoms with E-state index in [0.29, 0.717) is 18.8 Å². The van der Waals surface area contributed by atoms with Gasteiger partial charge in [0, 0.05) is 51.2 Å². The summed E-state index contributed by atoms with van der Waals surface area (Å²) in [4.78, 5) is 30.2. The van der Waals surface area contributed by atoms with Gasteiger partial charge < -0.3 is 25.2 Å². The van der Waals surface area contributed by atoms with Crippen LogP contribution in [0.1, 0.15) is 57.1 Å². The highest BCUT2D eigenvalue weighted by Gasteiger charge is 2.29. The molecule has 7 nitrogen and oxygen atoms in total. The number of nitrogens with zero attached hydrogens (tertiary/aromatic N) is 2. The van der Waals surface area contributed by atoms with Crippen molar-refractivity contribution in [3.63, 3.8) is 0 Å². The minimum atomic E-state index is -0.244. The second-order valence-electron chi connectivity index (χ2n) is 9.72. The molecule has 0 unspecified atom stereocenters. The summed E-state index contributed by atoms with van der Waals surface area (Å²) in [5, 5.41) is 5.77. The molecule has 3 rings (SSSR count). The topological polar surface area (TPSA) is 73.9 Å². The first-order valence-corrected chi connectivity index (χ1v) is 12.6. The standard InChI is InChI=1S/C28H40N4O3/c1-6-25(21-11-8-7-9-12-21)27(33)32(19-24-13-10-16-35-24)18-22-17-23(14-15-26(22)31(4)5)30-28(34)29-20(2)3/h7-9,11-12,14-15,17,20,24-25H,6,10,13,16,18-19H2,1-5H3,(H2,29,30,34)/t24-,25-/m0/s1. The van der Waals surface area contributed by atoms with E-state index in [0.717, 1.165) is 42.7 Å². The largest absolute Gasteiger partial charge is 0.377 e. The summed E-state index contributed by atoms with van der Waals surface area (Å²) < 4.78 is 5.91. The first-order chi connectivity index (χ1) is 16.8. The SMILES string of the molecule is CC[C@H](C(=O)N(Cc1cc(NC(=O)NC(C)C)ccc1N(C)C)C[C@@H]1CCCO1)c1ccccc1. The van der Waals surface area contributed by atoms with Gasteiger partial charge in [-0.3, -0.25) is 4.79 Å². The molecule has 0 aromatic heterocycles. The fourth-order valence-corrected chi connectivity index (χ4v) is 4.59. The first kappa shape index (κ1) is 26.5. The zero-order valence-electron chi connectivity index (χ0n) is 21.7. The van der Waals surface area contributed by atoms with E-state index < -0.39 is 0 Å². The van der Waals surface area contributed by atoms with Gasteiger partial charge in [-0.15, -0.1) is 0 Å². The van der Waals surface area contributed by atoms with E-state index in [-0.39, 0.29) is 30.0 Å². The van der Waals surface area contributed by atoms with Crippen LogP contribution in [0.25, 0.3) is 0 Å². The van der Waals surface area contributed by atoms with Gasteiger partial charge in [-0.05, 0) is 62.4 Å². The first-order valence-electron chi connectivity index (χ1n) is 12.6. The molecule has 2 N–H and O–H groups in total. The van der Waals surface area contributed by atoms with Gasteiger partial charge in [0.1, 0.15) is 0 Å². The van der Waals surface area contributed by atoms with E-state index in [9.17, 15) is 9.59 Å². The number of hydrogen-bond donors (Lipinski definition) is 2. The van der Waals surface area contributed by atoms with Crippen molar-refractivity contribution in [2.45, 2.75) is 64.6 Å². The van der Waals surface area contributed by atoms with E-state index >= 15 is 0 Å². The summed E-state index contributed by atoms with van der Waals surface area (Å²) in [7, 11) is 3.98. The Morgan fingerprint density at radius 3 is 2.46 bits per heavy atom. The summed E-state index contributed by atoms with van der Waals surface area (Å²) in [5.41, 5.74) is 3.72. The summed E-state index contributed by atoms with van der Waals surface area (Å²) in [6, 6.07) is 15.6. The van der Waals surface area contributed by atoms with Crippen LogP contribution in [0.3, 0.4) is 0 Å². The minimum Gasteiger partial charge on any atom is -0.377 e. The number of ether oxygens (including phenoxy) is 1. The summed E-state index contributed by atoms with van der Waals surface area (Å²) in [6.45, 7) is 7.65. The molecule has 0 bridgehead atoms. The van der Waals surface area contributed by atoms with Crippen molar-refractivity contribution in [2.24, 2.45) is 0 Å². The lowest BCUT2D eigenvalue weighted by Crippen LogP contribution is -2.40. The lowest BCUT2D eigenvalue weighted by molar-refractivity contribution is -0.135. The van der Waals surface area contributed by atoms with Crippen LogP contribution >= 0.6 is 0 Å². The normalized spacial score (nSPS) is 16.1. The lowest BCUT2D eigenvalue weighted by Gasteiger charge is -2.31. The van der Waals surface area contributed by atoms with Gasteiger partial charge in [-0.25, -0.2) is 4.79 Å². The highest BCUT2D eigenvalue weighted by atomic mass is 16.5. The van der Waals surface area contributed by atoms with Crippen molar-refractivity contribution in [3.8, 4) is 0 Å². The molecule has 0 aliphatic carbocycles. The Bertz CT molecular complexity index is 971. The number of amides is 3. The number of benzene rings is 2. The zero-order valence-corrected chi connectivity index (χ0v) is 21.7. The maximum atomic E-state index is 13.9. The minimum absolute atomic E-state index is 0.0407. The van der Waals surface area contributed by atoms with Crippen molar-refractivity contribution in [2.75, 3.05) is 37.5 Å². The Morgan fingerprint density at radius 1 is 1.11 bits per heavy atom. The van der Waals surface area contributed by atoms with E-state index in [1.807, 2.05) is 86.3 Å². The average Bonchev–Trinajstić information content (AvgIpc) is 3.32. The van der Waals surface area contributed by atoms with E-state index in [1.54, 1.807) is 0 Å². The van der Waals surface area contributed by atoms with Gasteiger partial charge in [-0.1, -0.05) is 37.3 Å². The van der Waals surface area contributed by atoms with Gasteiger partial charge in [0.25, 0.3) is 0 Å². The van der Waals surface area contributed by atoms with Crippen LogP contribution < -0.4 is 15.5 Å². The molecule has 3 amide bonds. The molecule has 0 spiro atoms. The second kappa shape index (κ2) is 12.6. The van der Waals surface area contributed by atoms with Crippen LogP contribution in [0.2, 0.25) is 0 Å². The van der Waals surface area contributed by atoms with E-state index in [4.69, 9.17) is 4.74 Å². The summed E-state index contributed by atoms with van der Waals surface area (Å²) >= 11 is 0. The second-order valence-corrected chi connectivity index (χ2v) is 9.72. The van der Waals surface area contributed by atoms with Crippen molar-refractivity contribution >= 4 is 23.3 Å². The molecule has 2 aromatic carbocycles.